The lowest BCUT2D eigenvalue weighted by molar-refractivity contribution is 0.548. The number of rotatable bonds is 1. The Hall–Kier alpha value is -0.150. The van der Waals surface area contributed by atoms with E-state index in [4.69, 9.17) is 4.42 Å². The predicted molar refractivity (Wildman–Crippen MR) is 75.4 cm³/mol. The van der Waals surface area contributed by atoms with Crippen LogP contribution >= 0.6 is 54.5 Å². The van der Waals surface area contributed by atoms with Crippen molar-refractivity contribution in [2.45, 2.75) is 6.92 Å². The highest BCUT2D eigenvalue weighted by atomic mass is 127. The Morgan fingerprint density at radius 1 is 1.50 bits per heavy atom. The average Bonchev–Trinajstić information content (AvgIpc) is 2.55. The van der Waals surface area contributed by atoms with E-state index >= 15 is 0 Å². The molecular weight excluding hydrogens is 455 g/mol. The van der Waals surface area contributed by atoms with Crippen molar-refractivity contribution in [3.05, 3.63) is 34.8 Å². The van der Waals surface area contributed by atoms with E-state index in [1.165, 1.54) is 0 Å². The summed E-state index contributed by atoms with van der Waals surface area (Å²) in [5.74, 6) is 0.935. The van der Waals surface area contributed by atoms with Crippen molar-refractivity contribution >= 4 is 54.5 Å². The molecule has 2 heterocycles. The van der Waals surface area contributed by atoms with Gasteiger partial charge in [0.05, 0.1) is 13.7 Å². The number of aromatic amines is 1. The van der Waals surface area contributed by atoms with Crippen molar-refractivity contribution in [2.75, 3.05) is 0 Å². The molecular formula is C9H5Br2IN2O2. The first-order valence-electron chi connectivity index (χ1n) is 4.20. The van der Waals surface area contributed by atoms with Gasteiger partial charge in [-0.3, -0.25) is 4.79 Å². The first kappa shape index (κ1) is 12.3. The van der Waals surface area contributed by atoms with E-state index < -0.39 is 0 Å². The van der Waals surface area contributed by atoms with Gasteiger partial charge in [0.25, 0.3) is 5.56 Å². The zero-order chi connectivity index (χ0) is 11.9. The molecule has 0 atom stereocenters. The smallest absolute Gasteiger partial charge is 0.264 e. The highest BCUT2D eigenvalue weighted by molar-refractivity contribution is 14.1. The molecule has 7 heteroatoms. The van der Waals surface area contributed by atoms with Crippen molar-refractivity contribution in [3.63, 3.8) is 0 Å². The van der Waals surface area contributed by atoms with Crippen LogP contribution < -0.4 is 5.56 Å². The lowest BCUT2D eigenvalue weighted by Gasteiger charge is -1.99. The molecule has 0 fully saturated rings. The maximum Gasteiger partial charge on any atom is 0.264 e. The molecule has 2 aromatic rings. The van der Waals surface area contributed by atoms with Gasteiger partial charge in [-0.1, -0.05) is 0 Å². The molecule has 0 amide bonds. The Bertz CT molecular complexity index is 587. The van der Waals surface area contributed by atoms with Gasteiger partial charge >= 0.3 is 0 Å². The van der Waals surface area contributed by atoms with Crippen LogP contribution in [0.25, 0.3) is 11.6 Å². The molecule has 0 aliphatic rings. The SMILES string of the molecule is Cc1nc(-c2cc(Br)c(Br)o2)[nH]c(=O)c1I. The minimum Gasteiger partial charge on any atom is -0.445 e. The first-order valence-corrected chi connectivity index (χ1v) is 6.87. The summed E-state index contributed by atoms with van der Waals surface area (Å²) < 4.78 is 7.32. The highest BCUT2D eigenvalue weighted by Crippen LogP contribution is 2.31. The standard InChI is InChI=1S/C9H5Br2IN2O2/c1-3-6(12)9(15)14-8(13-3)5-2-4(10)7(11)16-5/h2H,1H3,(H,13,14,15). The molecule has 4 nitrogen and oxygen atoms in total. The number of hydrogen-bond acceptors (Lipinski definition) is 3. The maximum absolute atomic E-state index is 11.6. The molecule has 0 bridgehead atoms. The fourth-order valence-corrected chi connectivity index (χ4v) is 1.98. The number of furan rings is 1. The Morgan fingerprint density at radius 3 is 2.69 bits per heavy atom. The second-order valence-corrected chi connectivity index (χ2v) is 5.70. The fourth-order valence-electron chi connectivity index (χ4n) is 1.15. The number of hydrogen-bond donors (Lipinski definition) is 1. The summed E-state index contributed by atoms with van der Waals surface area (Å²) in [6.07, 6.45) is 0. The van der Waals surface area contributed by atoms with Gasteiger partial charge in [-0.2, -0.15) is 0 Å². The van der Waals surface area contributed by atoms with Crippen LogP contribution in [-0.2, 0) is 0 Å². The van der Waals surface area contributed by atoms with Crippen LogP contribution in [0, 0.1) is 10.5 Å². The van der Waals surface area contributed by atoms with Crippen molar-refractivity contribution in [2.24, 2.45) is 0 Å². The van der Waals surface area contributed by atoms with Crippen LogP contribution in [0.4, 0.5) is 0 Å². The normalized spacial score (nSPS) is 10.8. The molecule has 0 aromatic carbocycles. The number of nitrogens with one attached hydrogen (secondary N) is 1. The number of nitrogens with zero attached hydrogens (tertiary/aromatic N) is 1. The van der Waals surface area contributed by atoms with E-state index in [1.807, 2.05) is 22.6 Å². The number of halogens is 3. The van der Waals surface area contributed by atoms with Crippen LogP contribution in [-0.4, -0.2) is 9.97 Å². The van der Waals surface area contributed by atoms with Crippen molar-refractivity contribution < 1.29 is 4.42 Å². The quantitative estimate of drug-likeness (QED) is 0.664. The second-order valence-electron chi connectivity index (χ2n) is 3.05. The van der Waals surface area contributed by atoms with Gasteiger partial charge in [-0.15, -0.1) is 0 Å². The topological polar surface area (TPSA) is 58.9 Å². The summed E-state index contributed by atoms with van der Waals surface area (Å²) in [7, 11) is 0. The van der Waals surface area contributed by atoms with Crippen LogP contribution in [0.1, 0.15) is 5.69 Å². The third kappa shape index (κ3) is 2.25. The minimum atomic E-state index is -0.160. The summed E-state index contributed by atoms with van der Waals surface area (Å²) >= 11 is 8.49. The molecule has 0 saturated heterocycles. The van der Waals surface area contributed by atoms with Gasteiger partial charge < -0.3 is 9.40 Å². The summed E-state index contributed by atoms with van der Waals surface area (Å²) in [5.41, 5.74) is 0.523. The Morgan fingerprint density at radius 2 is 2.19 bits per heavy atom. The molecule has 0 unspecified atom stereocenters. The van der Waals surface area contributed by atoms with Crippen LogP contribution in [0.3, 0.4) is 0 Å². The van der Waals surface area contributed by atoms with E-state index in [-0.39, 0.29) is 5.56 Å². The molecule has 0 radical (unpaired) electrons. The number of aromatic nitrogens is 2. The largest absolute Gasteiger partial charge is 0.445 e. The van der Waals surface area contributed by atoms with E-state index in [9.17, 15) is 4.79 Å². The van der Waals surface area contributed by atoms with E-state index in [0.717, 1.165) is 4.47 Å². The van der Waals surface area contributed by atoms with Gasteiger partial charge in [-0.25, -0.2) is 4.98 Å². The predicted octanol–water partition coefficient (Wildman–Crippen LogP) is 3.47. The maximum atomic E-state index is 11.6. The lowest BCUT2D eigenvalue weighted by Crippen LogP contribution is -2.14. The zero-order valence-corrected chi connectivity index (χ0v) is 13.3. The molecule has 0 spiro atoms. The van der Waals surface area contributed by atoms with Crippen LogP contribution in [0.2, 0.25) is 0 Å². The van der Waals surface area contributed by atoms with Crippen molar-refractivity contribution in [1.29, 1.82) is 0 Å². The number of H-pyrrole nitrogens is 1. The molecule has 2 rings (SSSR count). The van der Waals surface area contributed by atoms with Gasteiger partial charge in [-0.05, 0) is 61.4 Å². The fraction of sp³-hybridized carbons (Fsp3) is 0.111. The molecule has 0 aliphatic heterocycles. The Kier molecular flexibility index (Phi) is 3.55. The van der Waals surface area contributed by atoms with Crippen molar-refractivity contribution in [3.8, 4) is 11.6 Å². The lowest BCUT2D eigenvalue weighted by atomic mass is 10.4. The summed E-state index contributed by atoms with van der Waals surface area (Å²) in [5, 5.41) is 0. The second kappa shape index (κ2) is 4.61. The Labute approximate surface area is 121 Å². The average molecular weight is 460 g/mol. The molecule has 16 heavy (non-hydrogen) atoms. The minimum absolute atomic E-state index is 0.160. The molecule has 84 valence electrons. The van der Waals surface area contributed by atoms with E-state index in [2.05, 4.69) is 41.8 Å². The molecule has 1 N–H and O–H groups in total. The van der Waals surface area contributed by atoms with E-state index in [0.29, 0.717) is 25.5 Å². The van der Waals surface area contributed by atoms with Gasteiger partial charge in [0.15, 0.2) is 16.3 Å². The van der Waals surface area contributed by atoms with Crippen LogP contribution in [0.5, 0.6) is 0 Å². The summed E-state index contributed by atoms with van der Waals surface area (Å²) in [6, 6.07) is 1.74. The zero-order valence-electron chi connectivity index (χ0n) is 7.97. The monoisotopic (exact) mass is 458 g/mol. The number of aryl methyl sites for hydroxylation is 1. The van der Waals surface area contributed by atoms with Crippen LogP contribution in [0.15, 0.2) is 24.4 Å². The van der Waals surface area contributed by atoms with E-state index in [1.54, 1.807) is 13.0 Å². The van der Waals surface area contributed by atoms with Gasteiger partial charge in [0.1, 0.15) is 0 Å². The van der Waals surface area contributed by atoms with Crippen molar-refractivity contribution in [1.82, 2.24) is 9.97 Å². The Balaban J connectivity index is 2.61. The van der Waals surface area contributed by atoms with Gasteiger partial charge in [0, 0.05) is 6.07 Å². The molecule has 0 saturated carbocycles. The molecule has 0 aliphatic carbocycles. The van der Waals surface area contributed by atoms with Gasteiger partial charge in [0.2, 0.25) is 0 Å². The summed E-state index contributed by atoms with van der Waals surface area (Å²) in [6.45, 7) is 1.79. The molecule has 2 aromatic heterocycles. The summed E-state index contributed by atoms with van der Waals surface area (Å²) in [4.78, 5) is 18.5. The first-order chi connectivity index (χ1) is 7.49. The third-order valence-corrected chi connectivity index (χ3v) is 4.89. The third-order valence-electron chi connectivity index (χ3n) is 1.91. The highest BCUT2D eigenvalue weighted by Gasteiger charge is 2.12.